The number of rotatable bonds is 10. The van der Waals surface area contributed by atoms with Gasteiger partial charge in [-0.1, -0.05) is 13.3 Å². The number of aliphatic imine (C=N–C) groups is 1. The van der Waals surface area contributed by atoms with Crippen molar-refractivity contribution in [2.45, 2.75) is 19.8 Å². The molecule has 0 amide bonds. The van der Waals surface area contributed by atoms with Crippen LogP contribution in [0.4, 0.5) is 5.69 Å². The molecule has 0 saturated heterocycles. The largest absolute Gasteiger partial charge is 0.492 e. The second-order valence-electron chi connectivity index (χ2n) is 5.61. The van der Waals surface area contributed by atoms with Gasteiger partial charge in [0.15, 0.2) is 5.96 Å². The summed E-state index contributed by atoms with van der Waals surface area (Å²) in [6.45, 7) is 3.51. The smallest absolute Gasteiger partial charge is 0.245 e. The van der Waals surface area contributed by atoms with Crippen LogP contribution in [0, 0.1) is 0 Å². The number of guanidine groups is 1. The maximum absolute atomic E-state index is 11.7. The molecule has 0 aliphatic heterocycles. The van der Waals surface area contributed by atoms with E-state index < -0.39 is 20.0 Å². The van der Waals surface area contributed by atoms with Crippen LogP contribution < -0.4 is 19.5 Å². The van der Waals surface area contributed by atoms with Crippen LogP contribution in [-0.4, -0.2) is 55.0 Å². The van der Waals surface area contributed by atoms with Gasteiger partial charge in [0.1, 0.15) is 12.4 Å². The van der Waals surface area contributed by atoms with E-state index in [1.165, 1.54) is 24.3 Å². The van der Waals surface area contributed by atoms with Crippen LogP contribution in [0.3, 0.4) is 0 Å². The fourth-order valence-corrected chi connectivity index (χ4v) is 5.03. The zero-order valence-electron chi connectivity index (χ0n) is 15.6. The van der Waals surface area contributed by atoms with Gasteiger partial charge in [0.25, 0.3) is 0 Å². The number of hydrogen-bond acceptors (Lipinski definition) is 6. The highest BCUT2D eigenvalue weighted by Gasteiger charge is 2.27. The Morgan fingerprint density at radius 2 is 1.70 bits per heavy atom. The lowest BCUT2D eigenvalue weighted by atomic mass is 10.3. The molecule has 1 aromatic carbocycles. The van der Waals surface area contributed by atoms with Crippen LogP contribution in [-0.2, 0) is 20.0 Å². The number of anilines is 1. The van der Waals surface area contributed by atoms with E-state index in [9.17, 15) is 16.8 Å². The molecule has 0 aliphatic carbocycles. The molecule has 9 nitrogen and oxygen atoms in total. The topological polar surface area (TPSA) is 131 Å². The monoisotopic (exact) mass is 534 g/mol. The number of halogens is 1. The summed E-state index contributed by atoms with van der Waals surface area (Å²) in [7, 11) is -7.92. The fourth-order valence-electron chi connectivity index (χ4n) is 2.05. The molecule has 27 heavy (non-hydrogen) atoms. The minimum atomic E-state index is -3.96. The molecule has 0 atom stereocenters. The van der Waals surface area contributed by atoms with Gasteiger partial charge in [-0.05, 0) is 30.7 Å². The number of benzene rings is 1. The first-order chi connectivity index (χ1) is 12.1. The number of ether oxygens (including phenoxy) is 1. The maximum Gasteiger partial charge on any atom is 0.245 e. The minimum absolute atomic E-state index is 0. The van der Waals surface area contributed by atoms with Gasteiger partial charge in [-0.25, -0.2) is 16.8 Å². The predicted octanol–water partition coefficient (Wildman–Crippen LogP) is 1.11. The van der Waals surface area contributed by atoms with Crippen molar-refractivity contribution in [3.63, 3.8) is 0 Å². The van der Waals surface area contributed by atoms with Crippen molar-refractivity contribution in [1.29, 1.82) is 0 Å². The Morgan fingerprint density at radius 3 is 2.19 bits per heavy atom. The molecule has 0 unspecified atom stereocenters. The van der Waals surface area contributed by atoms with Gasteiger partial charge in [0.2, 0.25) is 20.0 Å². The van der Waals surface area contributed by atoms with E-state index in [0.29, 0.717) is 35.1 Å². The first-order valence-corrected chi connectivity index (χ1v) is 11.7. The van der Waals surface area contributed by atoms with E-state index in [-0.39, 0.29) is 29.7 Å². The average molecular weight is 534 g/mol. The zero-order valence-corrected chi connectivity index (χ0v) is 19.5. The van der Waals surface area contributed by atoms with Gasteiger partial charge in [0, 0.05) is 6.54 Å². The van der Waals surface area contributed by atoms with Gasteiger partial charge in [0.05, 0.1) is 24.7 Å². The van der Waals surface area contributed by atoms with Crippen LogP contribution in [0.1, 0.15) is 19.8 Å². The van der Waals surface area contributed by atoms with Crippen LogP contribution in [0.5, 0.6) is 5.75 Å². The highest BCUT2D eigenvalue weighted by atomic mass is 127. The molecule has 156 valence electrons. The van der Waals surface area contributed by atoms with Crippen molar-refractivity contribution in [2.24, 2.45) is 10.7 Å². The molecule has 0 bridgehead atoms. The van der Waals surface area contributed by atoms with Crippen LogP contribution in [0.2, 0.25) is 0 Å². The summed E-state index contributed by atoms with van der Waals surface area (Å²) in [5.41, 5.74) is 5.71. The summed E-state index contributed by atoms with van der Waals surface area (Å²) < 4.78 is 52.7. The first-order valence-electron chi connectivity index (χ1n) is 8.03. The highest BCUT2D eigenvalue weighted by molar-refractivity contribution is 14.0. The first kappa shape index (κ1) is 25.7. The van der Waals surface area contributed by atoms with Crippen molar-refractivity contribution >= 4 is 55.7 Å². The molecular weight excluding hydrogens is 507 g/mol. The molecule has 0 aliphatic rings. The summed E-state index contributed by atoms with van der Waals surface area (Å²) in [6.07, 6.45) is 3.68. The Labute approximate surface area is 178 Å². The molecule has 0 spiro atoms. The normalized spacial score (nSPS) is 12.2. The predicted molar refractivity (Wildman–Crippen MR) is 119 cm³/mol. The van der Waals surface area contributed by atoms with Crippen molar-refractivity contribution in [3.8, 4) is 5.75 Å². The zero-order chi connectivity index (χ0) is 19.8. The average Bonchev–Trinajstić information content (AvgIpc) is 2.50. The summed E-state index contributed by atoms with van der Waals surface area (Å²) >= 11 is 0. The second kappa shape index (κ2) is 11.5. The molecule has 3 N–H and O–H groups in total. The van der Waals surface area contributed by atoms with Gasteiger partial charge >= 0.3 is 0 Å². The van der Waals surface area contributed by atoms with Crippen molar-refractivity contribution in [2.75, 3.05) is 35.9 Å². The Balaban J connectivity index is 0.00000676. The Bertz CT molecular complexity index is 779. The lowest BCUT2D eigenvalue weighted by molar-refractivity contribution is 0.322. The van der Waals surface area contributed by atoms with Crippen molar-refractivity contribution < 1.29 is 21.6 Å². The molecule has 12 heteroatoms. The molecule has 1 rings (SSSR count). The standard InChI is InChI=1S/C15H26N4O5S2.HI/c1-4-5-10-17-15(16)18-11-12-24-14-8-6-13(7-9-14)19(25(2,20)21)26(3,22)23;/h6-9H,4-5,10-12H2,1-3H3,(H3,16,17,18);1H. The Morgan fingerprint density at radius 1 is 1.15 bits per heavy atom. The number of nitrogens with one attached hydrogen (secondary N) is 1. The van der Waals surface area contributed by atoms with Crippen molar-refractivity contribution in [1.82, 2.24) is 5.32 Å². The summed E-state index contributed by atoms with van der Waals surface area (Å²) in [5.74, 6) is 0.827. The number of sulfonamides is 2. The summed E-state index contributed by atoms with van der Waals surface area (Å²) in [6, 6.07) is 5.73. The van der Waals surface area contributed by atoms with E-state index in [1.807, 2.05) is 0 Å². The SMILES string of the molecule is CCCCN=C(N)NCCOc1ccc(N(S(C)(=O)=O)S(C)(=O)=O)cc1.I. The van der Waals surface area contributed by atoms with Gasteiger partial charge < -0.3 is 15.8 Å². The highest BCUT2D eigenvalue weighted by Crippen LogP contribution is 2.23. The van der Waals surface area contributed by atoms with E-state index in [2.05, 4.69) is 17.2 Å². The summed E-state index contributed by atoms with van der Waals surface area (Å²) in [4.78, 5) is 4.14. The van der Waals surface area contributed by atoms with Gasteiger partial charge in [-0.15, -0.1) is 24.0 Å². The Kier molecular flexibility index (Phi) is 11.0. The quantitative estimate of drug-likeness (QED) is 0.199. The number of hydrogen-bond donors (Lipinski definition) is 2. The van der Waals surface area contributed by atoms with E-state index >= 15 is 0 Å². The molecule has 1 aromatic rings. The number of unbranched alkanes of at least 4 members (excludes halogenated alkanes) is 1. The number of nitrogens with two attached hydrogens (primary N) is 1. The van der Waals surface area contributed by atoms with Gasteiger partial charge in [-0.2, -0.15) is 3.71 Å². The second-order valence-corrected chi connectivity index (χ2v) is 9.51. The third-order valence-corrected chi connectivity index (χ3v) is 6.37. The molecular formula is C15H27IN4O5S2. The van der Waals surface area contributed by atoms with Crippen LogP contribution >= 0.6 is 24.0 Å². The lowest BCUT2D eigenvalue weighted by Crippen LogP contribution is -2.35. The molecule has 0 radical (unpaired) electrons. The fraction of sp³-hybridized carbons (Fsp3) is 0.533. The molecule has 0 heterocycles. The maximum atomic E-state index is 11.7. The van der Waals surface area contributed by atoms with Crippen LogP contribution in [0.15, 0.2) is 29.3 Å². The van der Waals surface area contributed by atoms with E-state index in [4.69, 9.17) is 10.5 Å². The van der Waals surface area contributed by atoms with Crippen LogP contribution in [0.25, 0.3) is 0 Å². The third kappa shape index (κ3) is 9.46. The third-order valence-electron chi connectivity index (χ3n) is 3.12. The molecule has 0 fully saturated rings. The summed E-state index contributed by atoms with van der Waals surface area (Å²) in [5, 5.41) is 2.92. The Hall–Kier alpha value is -1.28. The van der Waals surface area contributed by atoms with E-state index in [0.717, 1.165) is 25.4 Å². The van der Waals surface area contributed by atoms with Crippen molar-refractivity contribution in [3.05, 3.63) is 24.3 Å². The van der Waals surface area contributed by atoms with Gasteiger partial charge in [-0.3, -0.25) is 4.99 Å². The minimum Gasteiger partial charge on any atom is -0.492 e. The molecule has 0 aromatic heterocycles. The number of nitrogens with zero attached hydrogens (tertiary/aromatic N) is 2. The van der Waals surface area contributed by atoms with E-state index in [1.54, 1.807) is 0 Å². The lowest BCUT2D eigenvalue weighted by Gasteiger charge is -2.19. The molecule has 0 saturated carbocycles.